The van der Waals surface area contributed by atoms with E-state index < -0.39 is 10.0 Å². The van der Waals surface area contributed by atoms with Crippen LogP contribution in [0.4, 0.5) is 0 Å². The van der Waals surface area contributed by atoms with E-state index in [1.54, 1.807) is 41.0 Å². The average Bonchev–Trinajstić information content (AvgIpc) is 2.61. The smallest absolute Gasteiger partial charge is 0.251 e. The van der Waals surface area contributed by atoms with Gasteiger partial charge in [0, 0.05) is 24.5 Å². The van der Waals surface area contributed by atoms with Crippen molar-refractivity contribution in [2.75, 3.05) is 0 Å². The molecule has 3 rings (SSSR count). The Balaban J connectivity index is 1.92. The molecule has 5 nitrogen and oxygen atoms in total. The summed E-state index contributed by atoms with van der Waals surface area (Å²) in [5.74, 6) is 0. The molecule has 1 aromatic heterocycles. The molecule has 6 heteroatoms. The van der Waals surface area contributed by atoms with Gasteiger partial charge in [-0.15, -0.1) is 0 Å². The predicted octanol–water partition coefficient (Wildman–Crippen LogP) is 2.81. The van der Waals surface area contributed by atoms with Crippen LogP contribution in [0.3, 0.4) is 0 Å². The molecule has 0 saturated carbocycles. The zero-order valence-electron chi connectivity index (χ0n) is 14.2. The SMILES string of the molecule is CCn1c(=O)cc(C)c2cc(CNS(=O)(=O)c3ccccc3)ccc21. The molecule has 3 aromatic rings. The highest BCUT2D eigenvalue weighted by atomic mass is 32.2. The molecule has 0 aliphatic heterocycles. The van der Waals surface area contributed by atoms with Gasteiger partial charge >= 0.3 is 0 Å². The quantitative estimate of drug-likeness (QED) is 0.764. The molecule has 0 saturated heterocycles. The zero-order valence-corrected chi connectivity index (χ0v) is 15.0. The number of rotatable bonds is 5. The molecule has 0 radical (unpaired) electrons. The first-order valence-electron chi connectivity index (χ1n) is 8.10. The molecule has 0 bridgehead atoms. The van der Waals surface area contributed by atoms with Gasteiger partial charge in [-0.1, -0.05) is 24.3 Å². The number of aromatic nitrogens is 1. The summed E-state index contributed by atoms with van der Waals surface area (Å²) in [6, 6.07) is 15.6. The van der Waals surface area contributed by atoms with Crippen LogP contribution >= 0.6 is 0 Å². The van der Waals surface area contributed by atoms with E-state index in [4.69, 9.17) is 0 Å². The summed E-state index contributed by atoms with van der Waals surface area (Å²) in [5, 5.41) is 0.956. The Kier molecular flexibility index (Phi) is 4.74. The minimum Gasteiger partial charge on any atom is -0.309 e. The van der Waals surface area contributed by atoms with Gasteiger partial charge in [0.15, 0.2) is 0 Å². The van der Waals surface area contributed by atoms with E-state index in [1.165, 1.54) is 0 Å². The van der Waals surface area contributed by atoms with E-state index in [-0.39, 0.29) is 17.0 Å². The number of nitrogens with zero attached hydrogens (tertiary/aromatic N) is 1. The molecule has 0 aliphatic carbocycles. The van der Waals surface area contributed by atoms with E-state index in [2.05, 4.69) is 4.72 Å². The minimum atomic E-state index is -3.55. The van der Waals surface area contributed by atoms with Crippen LogP contribution in [0.1, 0.15) is 18.1 Å². The molecule has 25 heavy (non-hydrogen) atoms. The maximum absolute atomic E-state index is 12.3. The van der Waals surface area contributed by atoms with Crippen molar-refractivity contribution in [1.29, 1.82) is 0 Å². The van der Waals surface area contributed by atoms with E-state index in [1.807, 2.05) is 32.0 Å². The van der Waals surface area contributed by atoms with Crippen LogP contribution in [-0.4, -0.2) is 13.0 Å². The number of pyridine rings is 1. The highest BCUT2D eigenvalue weighted by molar-refractivity contribution is 7.89. The first-order valence-corrected chi connectivity index (χ1v) is 9.58. The van der Waals surface area contributed by atoms with Gasteiger partial charge in [0.25, 0.3) is 5.56 Å². The number of hydrogen-bond acceptors (Lipinski definition) is 3. The topological polar surface area (TPSA) is 68.2 Å². The van der Waals surface area contributed by atoms with Gasteiger partial charge in [-0.3, -0.25) is 4.79 Å². The maximum Gasteiger partial charge on any atom is 0.251 e. The van der Waals surface area contributed by atoms with Gasteiger partial charge in [0.05, 0.1) is 10.4 Å². The summed E-state index contributed by atoms with van der Waals surface area (Å²) in [6.45, 7) is 4.60. The van der Waals surface area contributed by atoms with Crippen molar-refractivity contribution in [2.45, 2.75) is 31.8 Å². The van der Waals surface area contributed by atoms with Crippen LogP contribution in [0.15, 0.2) is 64.3 Å². The second kappa shape index (κ2) is 6.82. The standard InChI is InChI=1S/C19H20N2O3S/c1-3-21-18-10-9-15(12-17(18)14(2)11-19(21)22)13-20-25(23,24)16-7-5-4-6-8-16/h4-12,20H,3,13H2,1-2H3. The van der Waals surface area contributed by atoms with Crippen molar-refractivity contribution in [3.63, 3.8) is 0 Å². The van der Waals surface area contributed by atoms with Gasteiger partial charge in [-0.2, -0.15) is 0 Å². The molecule has 1 heterocycles. The van der Waals surface area contributed by atoms with Crippen molar-refractivity contribution in [3.8, 4) is 0 Å². The fraction of sp³-hybridized carbons (Fsp3) is 0.211. The van der Waals surface area contributed by atoms with E-state index in [0.29, 0.717) is 6.54 Å². The second-order valence-corrected chi connectivity index (χ2v) is 7.67. The molecular formula is C19H20N2O3S. The third-order valence-corrected chi connectivity index (χ3v) is 5.64. The number of aryl methyl sites for hydroxylation is 2. The number of sulfonamides is 1. The van der Waals surface area contributed by atoms with Crippen molar-refractivity contribution in [1.82, 2.24) is 9.29 Å². The van der Waals surface area contributed by atoms with Crippen LogP contribution in [0.2, 0.25) is 0 Å². The Morgan fingerprint density at radius 3 is 2.44 bits per heavy atom. The van der Waals surface area contributed by atoms with E-state index in [0.717, 1.165) is 22.0 Å². The summed E-state index contributed by atoms with van der Waals surface area (Å²) in [5.41, 5.74) is 2.57. The molecule has 2 aromatic carbocycles. The lowest BCUT2D eigenvalue weighted by Gasteiger charge is -2.12. The minimum absolute atomic E-state index is 0.0231. The number of benzene rings is 2. The number of nitrogens with one attached hydrogen (secondary N) is 1. The Hall–Kier alpha value is -2.44. The van der Waals surface area contributed by atoms with Crippen LogP contribution in [-0.2, 0) is 23.1 Å². The number of fused-ring (bicyclic) bond motifs is 1. The molecule has 0 spiro atoms. The number of hydrogen-bond donors (Lipinski definition) is 1. The normalized spacial score (nSPS) is 11.8. The maximum atomic E-state index is 12.3. The first kappa shape index (κ1) is 17.4. The monoisotopic (exact) mass is 356 g/mol. The van der Waals surface area contributed by atoms with Gasteiger partial charge in [-0.05, 0) is 49.2 Å². The summed E-state index contributed by atoms with van der Waals surface area (Å²) in [6.07, 6.45) is 0. The summed E-state index contributed by atoms with van der Waals surface area (Å²) >= 11 is 0. The fourth-order valence-corrected chi connectivity index (χ4v) is 3.93. The fourth-order valence-electron chi connectivity index (χ4n) is 2.89. The third-order valence-electron chi connectivity index (χ3n) is 4.22. The first-order chi connectivity index (χ1) is 11.9. The van der Waals surface area contributed by atoms with Crippen LogP contribution in [0, 0.1) is 6.92 Å². The van der Waals surface area contributed by atoms with Crippen molar-refractivity contribution in [3.05, 3.63) is 76.1 Å². The van der Waals surface area contributed by atoms with E-state index in [9.17, 15) is 13.2 Å². The molecule has 1 N–H and O–H groups in total. The van der Waals surface area contributed by atoms with Gasteiger partial charge < -0.3 is 4.57 Å². The van der Waals surface area contributed by atoms with E-state index >= 15 is 0 Å². The highest BCUT2D eigenvalue weighted by Gasteiger charge is 2.13. The molecule has 0 unspecified atom stereocenters. The Morgan fingerprint density at radius 2 is 1.76 bits per heavy atom. The lowest BCUT2D eigenvalue weighted by atomic mass is 10.1. The third kappa shape index (κ3) is 3.50. The average molecular weight is 356 g/mol. The highest BCUT2D eigenvalue weighted by Crippen LogP contribution is 2.19. The van der Waals surface area contributed by atoms with Crippen molar-refractivity contribution < 1.29 is 8.42 Å². The summed E-state index contributed by atoms with van der Waals surface area (Å²) < 4.78 is 29.0. The predicted molar refractivity (Wildman–Crippen MR) is 99.1 cm³/mol. The van der Waals surface area contributed by atoms with Gasteiger partial charge in [0.1, 0.15) is 0 Å². The second-order valence-electron chi connectivity index (χ2n) is 5.90. The van der Waals surface area contributed by atoms with Crippen LogP contribution in [0.25, 0.3) is 10.9 Å². The molecule has 0 amide bonds. The lowest BCUT2D eigenvalue weighted by Crippen LogP contribution is -2.23. The van der Waals surface area contributed by atoms with Gasteiger partial charge in [-0.25, -0.2) is 13.1 Å². The Bertz CT molecular complexity index is 1070. The molecule has 0 fully saturated rings. The van der Waals surface area contributed by atoms with Crippen molar-refractivity contribution >= 4 is 20.9 Å². The Morgan fingerprint density at radius 1 is 1.04 bits per heavy atom. The van der Waals surface area contributed by atoms with Crippen LogP contribution < -0.4 is 10.3 Å². The molecular weight excluding hydrogens is 336 g/mol. The summed E-state index contributed by atoms with van der Waals surface area (Å²) in [7, 11) is -3.55. The molecule has 130 valence electrons. The largest absolute Gasteiger partial charge is 0.309 e. The Labute approximate surface area is 147 Å². The van der Waals surface area contributed by atoms with Crippen LogP contribution in [0.5, 0.6) is 0 Å². The summed E-state index contributed by atoms with van der Waals surface area (Å²) in [4.78, 5) is 12.3. The van der Waals surface area contributed by atoms with Gasteiger partial charge in [0.2, 0.25) is 10.0 Å². The molecule has 0 aliphatic rings. The lowest BCUT2D eigenvalue weighted by molar-refractivity contribution is 0.581. The zero-order chi connectivity index (χ0) is 18.0. The van der Waals surface area contributed by atoms with Crippen molar-refractivity contribution in [2.24, 2.45) is 0 Å². The molecule has 0 atom stereocenters.